The lowest BCUT2D eigenvalue weighted by atomic mass is 10.1. The van der Waals surface area contributed by atoms with Crippen LogP contribution >= 0.6 is 0 Å². The molecule has 23 heavy (non-hydrogen) atoms. The van der Waals surface area contributed by atoms with Gasteiger partial charge in [0.05, 0.1) is 11.3 Å². The molecule has 8 heteroatoms. The molecule has 0 saturated carbocycles. The number of carbonyl (C=O) groups is 3. The third-order valence-electron chi connectivity index (χ3n) is 3.45. The van der Waals surface area contributed by atoms with Crippen molar-refractivity contribution in [2.75, 3.05) is 11.9 Å². The van der Waals surface area contributed by atoms with Crippen LogP contribution in [0.4, 0.5) is 18.9 Å². The summed E-state index contributed by atoms with van der Waals surface area (Å²) in [6.07, 6.45) is -4.09. The zero-order valence-electron chi connectivity index (χ0n) is 12.2. The molecule has 1 fully saturated rings. The summed E-state index contributed by atoms with van der Waals surface area (Å²) in [5.41, 5.74) is -1.23. The number of likely N-dealkylation sites (tertiary alicyclic amines) is 1. The normalized spacial score (nSPS) is 15.2. The summed E-state index contributed by atoms with van der Waals surface area (Å²) in [5.74, 6) is -1.16. The minimum Gasteiger partial charge on any atom is -0.326 e. The average Bonchev–Trinajstić information content (AvgIpc) is 2.78. The number of hydrogen-bond donors (Lipinski definition) is 1. The number of imide groups is 1. The summed E-state index contributed by atoms with van der Waals surface area (Å²) >= 11 is 0. The van der Waals surface area contributed by atoms with Gasteiger partial charge in [-0.05, 0) is 18.6 Å². The fourth-order valence-electron chi connectivity index (χ4n) is 2.32. The first-order valence-corrected chi connectivity index (χ1v) is 7.08. The number of alkyl halides is 3. The van der Waals surface area contributed by atoms with E-state index in [2.05, 4.69) is 5.32 Å². The van der Waals surface area contributed by atoms with E-state index in [4.69, 9.17) is 0 Å². The SMILES string of the molecule is O=C(CCCN1C(=O)CCC1=O)Nc1ccccc1C(F)(F)F. The molecule has 5 nitrogen and oxygen atoms in total. The predicted octanol–water partition coefficient (Wildman–Crippen LogP) is 2.57. The minimum absolute atomic E-state index is 0.0801. The Kier molecular flexibility index (Phi) is 5.02. The highest BCUT2D eigenvalue weighted by Crippen LogP contribution is 2.34. The van der Waals surface area contributed by atoms with E-state index >= 15 is 0 Å². The smallest absolute Gasteiger partial charge is 0.326 e. The summed E-state index contributed by atoms with van der Waals surface area (Å²) in [6, 6.07) is 4.70. The third kappa shape index (κ3) is 4.30. The van der Waals surface area contributed by atoms with Crippen molar-refractivity contribution in [3.05, 3.63) is 29.8 Å². The Bertz CT molecular complexity index is 613. The molecule has 0 spiro atoms. The van der Waals surface area contributed by atoms with E-state index in [9.17, 15) is 27.6 Å². The van der Waals surface area contributed by atoms with Crippen LogP contribution in [0.15, 0.2) is 24.3 Å². The molecule has 1 heterocycles. The highest BCUT2D eigenvalue weighted by Gasteiger charge is 2.33. The van der Waals surface area contributed by atoms with Crippen LogP contribution in [0.2, 0.25) is 0 Å². The van der Waals surface area contributed by atoms with Gasteiger partial charge in [-0.3, -0.25) is 19.3 Å². The molecule has 3 amide bonds. The molecule has 0 aliphatic carbocycles. The largest absolute Gasteiger partial charge is 0.418 e. The number of amides is 3. The van der Waals surface area contributed by atoms with Gasteiger partial charge in [-0.1, -0.05) is 12.1 Å². The van der Waals surface area contributed by atoms with Gasteiger partial charge >= 0.3 is 6.18 Å². The van der Waals surface area contributed by atoms with Crippen LogP contribution in [0.1, 0.15) is 31.2 Å². The van der Waals surface area contributed by atoms with Gasteiger partial charge in [-0.25, -0.2) is 0 Å². The molecule has 124 valence electrons. The van der Waals surface area contributed by atoms with E-state index in [-0.39, 0.29) is 49.7 Å². The Labute approximate surface area is 130 Å². The molecule has 1 aromatic carbocycles. The van der Waals surface area contributed by atoms with Crippen LogP contribution < -0.4 is 5.32 Å². The van der Waals surface area contributed by atoms with Crippen LogP contribution in [0.3, 0.4) is 0 Å². The molecule has 1 aromatic rings. The van der Waals surface area contributed by atoms with E-state index in [0.717, 1.165) is 11.0 Å². The molecule has 0 aromatic heterocycles. The third-order valence-corrected chi connectivity index (χ3v) is 3.45. The first-order valence-electron chi connectivity index (χ1n) is 7.08. The fraction of sp³-hybridized carbons (Fsp3) is 0.400. The van der Waals surface area contributed by atoms with E-state index in [0.29, 0.717) is 0 Å². The zero-order valence-corrected chi connectivity index (χ0v) is 12.2. The standard InChI is InChI=1S/C15H15F3N2O3/c16-15(17,18)10-4-1-2-5-11(10)19-12(21)6-3-9-20-13(22)7-8-14(20)23/h1-2,4-5H,3,6-9H2,(H,19,21). The number of nitrogens with zero attached hydrogens (tertiary/aromatic N) is 1. The van der Waals surface area contributed by atoms with E-state index < -0.39 is 17.6 Å². The lowest BCUT2D eigenvalue weighted by Crippen LogP contribution is -2.30. The van der Waals surface area contributed by atoms with Gasteiger partial charge in [0.1, 0.15) is 0 Å². The number of anilines is 1. The number of benzene rings is 1. The maximum Gasteiger partial charge on any atom is 0.418 e. The van der Waals surface area contributed by atoms with Gasteiger partial charge in [-0.15, -0.1) is 0 Å². The van der Waals surface area contributed by atoms with Crippen molar-refractivity contribution in [2.24, 2.45) is 0 Å². The van der Waals surface area contributed by atoms with Crippen LogP contribution in [-0.4, -0.2) is 29.2 Å². The van der Waals surface area contributed by atoms with Crippen LogP contribution in [0.25, 0.3) is 0 Å². The zero-order chi connectivity index (χ0) is 17.0. The summed E-state index contributed by atoms with van der Waals surface area (Å²) in [6.45, 7) is 0.103. The van der Waals surface area contributed by atoms with Crippen LogP contribution in [0, 0.1) is 0 Å². The van der Waals surface area contributed by atoms with E-state index in [1.165, 1.54) is 18.2 Å². The van der Waals surface area contributed by atoms with E-state index in [1.54, 1.807) is 0 Å². The Balaban J connectivity index is 1.88. The van der Waals surface area contributed by atoms with Crippen molar-refractivity contribution in [3.63, 3.8) is 0 Å². The Hall–Kier alpha value is -2.38. The summed E-state index contributed by atoms with van der Waals surface area (Å²) in [4.78, 5) is 35.6. The number of nitrogens with one attached hydrogen (secondary N) is 1. The topological polar surface area (TPSA) is 66.5 Å². The maximum atomic E-state index is 12.8. The van der Waals surface area contributed by atoms with Crippen molar-refractivity contribution in [1.82, 2.24) is 4.90 Å². The lowest BCUT2D eigenvalue weighted by Gasteiger charge is -2.15. The Morgan fingerprint density at radius 2 is 1.74 bits per heavy atom. The molecule has 1 aliphatic rings. The minimum atomic E-state index is -4.56. The second kappa shape index (κ2) is 6.80. The van der Waals surface area contributed by atoms with Gasteiger partial charge in [0, 0.05) is 25.8 Å². The summed E-state index contributed by atoms with van der Waals surface area (Å²) < 4.78 is 38.4. The second-order valence-electron chi connectivity index (χ2n) is 5.13. The summed E-state index contributed by atoms with van der Waals surface area (Å²) in [5, 5.41) is 2.22. The number of rotatable bonds is 5. The van der Waals surface area contributed by atoms with Gasteiger partial charge in [0.2, 0.25) is 17.7 Å². The van der Waals surface area contributed by atoms with Crippen molar-refractivity contribution in [1.29, 1.82) is 0 Å². The lowest BCUT2D eigenvalue weighted by molar-refractivity contribution is -0.139. The molecule has 1 aliphatic heterocycles. The second-order valence-corrected chi connectivity index (χ2v) is 5.13. The highest BCUT2D eigenvalue weighted by molar-refractivity contribution is 6.02. The Morgan fingerprint density at radius 3 is 2.35 bits per heavy atom. The fourth-order valence-corrected chi connectivity index (χ4v) is 2.32. The molecule has 0 bridgehead atoms. The van der Waals surface area contributed by atoms with E-state index in [1.807, 2.05) is 0 Å². The van der Waals surface area contributed by atoms with Gasteiger partial charge in [-0.2, -0.15) is 13.2 Å². The first kappa shape index (κ1) is 17.0. The molecule has 0 radical (unpaired) electrons. The predicted molar refractivity (Wildman–Crippen MR) is 75.3 cm³/mol. The average molecular weight is 328 g/mol. The van der Waals surface area contributed by atoms with Crippen LogP contribution in [-0.2, 0) is 20.6 Å². The molecular weight excluding hydrogens is 313 g/mol. The molecule has 1 saturated heterocycles. The van der Waals surface area contributed by atoms with Gasteiger partial charge in [0.25, 0.3) is 0 Å². The van der Waals surface area contributed by atoms with Crippen LogP contribution in [0.5, 0.6) is 0 Å². The van der Waals surface area contributed by atoms with Gasteiger partial charge in [0.15, 0.2) is 0 Å². The number of halogens is 3. The molecule has 0 atom stereocenters. The number of para-hydroxylation sites is 1. The maximum absolute atomic E-state index is 12.8. The van der Waals surface area contributed by atoms with Crippen molar-refractivity contribution in [3.8, 4) is 0 Å². The molecular formula is C15H15F3N2O3. The molecule has 1 N–H and O–H groups in total. The summed E-state index contributed by atoms with van der Waals surface area (Å²) in [7, 11) is 0. The molecule has 2 rings (SSSR count). The number of carbonyl (C=O) groups excluding carboxylic acids is 3. The monoisotopic (exact) mass is 328 g/mol. The highest BCUT2D eigenvalue weighted by atomic mass is 19.4. The van der Waals surface area contributed by atoms with Crippen molar-refractivity contribution in [2.45, 2.75) is 31.9 Å². The number of hydrogen-bond acceptors (Lipinski definition) is 3. The first-order chi connectivity index (χ1) is 10.8. The van der Waals surface area contributed by atoms with Gasteiger partial charge < -0.3 is 5.32 Å². The Morgan fingerprint density at radius 1 is 1.13 bits per heavy atom. The van der Waals surface area contributed by atoms with Crippen molar-refractivity contribution >= 4 is 23.4 Å². The van der Waals surface area contributed by atoms with Crippen molar-refractivity contribution < 1.29 is 27.6 Å². The molecule has 0 unspecified atom stereocenters. The quantitative estimate of drug-likeness (QED) is 0.845.